The van der Waals surface area contributed by atoms with E-state index in [0.29, 0.717) is 5.92 Å². The fraction of sp³-hybridized carbons (Fsp3) is 0.750. The number of thiazole rings is 1. The molecule has 0 bridgehead atoms. The van der Waals surface area contributed by atoms with Gasteiger partial charge in [-0.3, -0.25) is 0 Å². The third-order valence-electron chi connectivity index (χ3n) is 2.22. The number of hydrogen-bond donors (Lipinski definition) is 0. The van der Waals surface area contributed by atoms with Crippen molar-refractivity contribution in [3.05, 3.63) is 11.1 Å². The smallest absolute Gasteiger partial charge is 0.273 e. The molecule has 0 aliphatic heterocycles. The lowest BCUT2D eigenvalue weighted by atomic mass is 10.1. The van der Waals surface area contributed by atoms with E-state index < -0.39 is 0 Å². The zero-order chi connectivity index (χ0) is 11.3. The summed E-state index contributed by atoms with van der Waals surface area (Å²) in [5, 5.41) is 0.822. The van der Waals surface area contributed by atoms with E-state index in [1.807, 2.05) is 6.20 Å². The van der Waals surface area contributed by atoms with Crippen molar-refractivity contribution in [2.45, 2.75) is 46.5 Å². The molecule has 0 aliphatic carbocycles. The first-order valence-corrected chi connectivity index (χ1v) is 6.49. The monoisotopic (exact) mass is 227 g/mol. The highest BCUT2D eigenvalue weighted by atomic mass is 32.1. The Kier molecular flexibility index (Phi) is 5.09. The van der Waals surface area contributed by atoms with E-state index in [0.717, 1.165) is 24.1 Å². The Hall–Kier alpha value is -0.570. The summed E-state index contributed by atoms with van der Waals surface area (Å²) >= 11 is 1.67. The van der Waals surface area contributed by atoms with E-state index in [1.165, 1.54) is 11.3 Å². The molecular formula is C12H21NOS. The second kappa shape index (κ2) is 6.11. The molecule has 0 atom stereocenters. The summed E-state index contributed by atoms with van der Waals surface area (Å²) in [5.41, 5.74) is 0. The molecule has 1 aromatic rings. The molecule has 86 valence electrons. The van der Waals surface area contributed by atoms with Crippen molar-refractivity contribution in [3.63, 3.8) is 0 Å². The van der Waals surface area contributed by atoms with Crippen LogP contribution in [0, 0.1) is 5.92 Å². The summed E-state index contributed by atoms with van der Waals surface area (Å²) in [6.07, 6.45) is 4.27. The average Bonchev–Trinajstić information content (AvgIpc) is 2.60. The molecule has 3 heteroatoms. The predicted molar refractivity (Wildman–Crippen MR) is 65.8 cm³/mol. The lowest BCUT2D eigenvalue weighted by Gasteiger charge is -2.04. The largest absolute Gasteiger partial charge is 0.470 e. The Morgan fingerprint density at radius 2 is 2.07 bits per heavy atom. The predicted octanol–water partition coefficient (Wildman–Crippen LogP) is 4.08. The highest BCUT2D eigenvalue weighted by Crippen LogP contribution is 2.26. The van der Waals surface area contributed by atoms with Gasteiger partial charge in [-0.2, -0.15) is 0 Å². The van der Waals surface area contributed by atoms with E-state index in [1.54, 1.807) is 11.3 Å². The Balaban J connectivity index is 2.26. The highest BCUT2D eigenvalue weighted by Gasteiger charge is 2.06. The maximum atomic E-state index is 5.59. The minimum absolute atomic E-state index is 0.551. The summed E-state index contributed by atoms with van der Waals surface area (Å²) < 4.78 is 5.59. The van der Waals surface area contributed by atoms with Gasteiger partial charge in [0.2, 0.25) is 0 Å². The zero-order valence-corrected chi connectivity index (χ0v) is 10.9. The second-order valence-corrected chi connectivity index (χ2v) is 5.59. The normalized spacial score (nSPS) is 11.3. The Morgan fingerprint density at radius 1 is 1.33 bits per heavy atom. The van der Waals surface area contributed by atoms with Gasteiger partial charge in [-0.15, -0.1) is 0 Å². The molecule has 0 radical (unpaired) electrons. The van der Waals surface area contributed by atoms with Gasteiger partial charge >= 0.3 is 0 Å². The summed E-state index contributed by atoms with van der Waals surface area (Å²) in [6.45, 7) is 9.62. The van der Waals surface area contributed by atoms with Gasteiger partial charge in [-0.25, -0.2) is 4.98 Å². The minimum atomic E-state index is 0.551. The lowest BCUT2D eigenvalue weighted by molar-refractivity contribution is 0.296. The van der Waals surface area contributed by atoms with Gasteiger partial charge in [0.25, 0.3) is 5.19 Å². The molecule has 0 unspecified atom stereocenters. The maximum Gasteiger partial charge on any atom is 0.273 e. The van der Waals surface area contributed by atoms with Gasteiger partial charge in [0, 0.05) is 11.1 Å². The molecule has 2 nitrogen and oxygen atoms in total. The molecule has 0 saturated heterocycles. The SMILES string of the molecule is CC(C)CCCOc1ncc(C(C)C)s1. The summed E-state index contributed by atoms with van der Waals surface area (Å²) in [4.78, 5) is 5.55. The molecule has 0 amide bonds. The topological polar surface area (TPSA) is 22.1 Å². The molecule has 1 heterocycles. The molecule has 0 aliphatic rings. The second-order valence-electron chi connectivity index (χ2n) is 4.57. The number of aromatic nitrogens is 1. The molecule has 1 rings (SSSR count). The molecule has 0 N–H and O–H groups in total. The van der Waals surface area contributed by atoms with Crippen molar-refractivity contribution in [1.82, 2.24) is 4.98 Å². The molecular weight excluding hydrogens is 206 g/mol. The number of nitrogens with zero attached hydrogens (tertiary/aromatic N) is 1. The van der Waals surface area contributed by atoms with Crippen molar-refractivity contribution in [2.75, 3.05) is 6.61 Å². The Morgan fingerprint density at radius 3 is 2.60 bits per heavy atom. The maximum absolute atomic E-state index is 5.59. The fourth-order valence-corrected chi connectivity index (χ4v) is 2.04. The Bertz CT molecular complexity index is 281. The average molecular weight is 227 g/mol. The van der Waals surface area contributed by atoms with Crippen LogP contribution in [0.25, 0.3) is 0 Å². The van der Waals surface area contributed by atoms with Crippen molar-refractivity contribution < 1.29 is 4.74 Å². The number of hydrogen-bond acceptors (Lipinski definition) is 3. The molecule has 15 heavy (non-hydrogen) atoms. The van der Waals surface area contributed by atoms with Crippen LogP contribution in [0.1, 0.15) is 51.3 Å². The van der Waals surface area contributed by atoms with Gasteiger partial charge in [0.1, 0.15) is 0 Å². The first kappa shape index (κ1) is 12.5. The van der Waals surface area contributed by atoms with Crippen molar-refractivity contribution >= 4 is 11.3 Å². The quantitative estimate of drug-likeness (QED) is 0.683. The van der Waals surface area contributed by atoms with E-state index in [4.69, 9.17) is 4.74 Å². The highest BCUT2D eigenvalue weighted by molar-refractivity contribution is 7.13. The van der Waals surface area contributed by atoms with Crippen LogP contribution in [-0.2, 0) is 0 Å². The standard InChI is InChI=1S/C12H21NOS/c1-9(2)6-5-7-14-12-13-8-11(15-12)10(3)4/h8-10H,5-7H2,1-4H3. The first-order valence-electron chi connectivity index (χ1n) is 5.68. The first-order chi connectivity index (χ1) is 7.09. The molecule has 0 fully saturated rings. The number of rotatable bonds is 6. The van der Waals surface area contributed by atoms with Crippen molar-refractivity contribution in [1.29, 1.82) is 0 Å². The Labute approximate surface area is 96.7 Å². The van der Waals surface area contributed by atoms with E-state index in [-0.39, 0.29) is 0 Å². The summed E-state index contributed by atoms with van der Waals surface area (Å²) in [7, 11) is 0. The molecule has 1 aromatic heterocycles. The third kappa shape index (κ3) is 4.65. The van der Waals surface area contributed by atoms with Gasteiger partial charge < -0.3 is 4.74 Å². The van der Waals surface area contributed by atoms with Crippen LogP contribution in [0.4, 0.5) is 0 Å². The number of ether oxygens (including phenoxy) is 1. The van der Waals surface area contributed by atoms with E-state index in [9.17, 15) is 0 Å². The van der Waals surface area contributed by atoms with Crippen LogP contribution in [-0.4, -0.2) is 11.6 Å². The van der Waals surface area contributed by atoms with Crippen LogP contribution < -0.4 is 4.74 Å². The fourth-order valence-electron chi connectivity index (χ4n) is 1.25. The van der Waals surface area contributed by atoms with Crippen LogP contribution in [0.3, 0.4) is 0 Å². The summed E-state index contributed by atoms with van der Waals surface area (Å²) in [6, 6.07) is 0. The molecule has 0 saturated carbocycles. The zero-order valence-electron chi connectivity index (χ0n) is 10.1. The third-order valence-corrected chi connectivity index (χ3v) is 3.43. The van der Waals surface area contributed by atoms with Crippen molar-refractivity contribution in [3.8, 4) is 5.19 Å². The minimum Gasteiger partial charge on any atom is -0.470 e. The lowest BCUT2D eigenvalue weighted by Crippen LogP contribution is -1.98. The van der Waals surface area contributed by atoms with Crippen LogP contribution in [0.5, 0.6) is 5.19 Å². The van der Waals surface area contributed by atoms with Crippen LogP contribution in [0.15, 0.2) is 6.20 Å². The van der Waals surface area contributed by atoms with E-state index >= 15 is 0 Å². The van der Waals surface area contributed by atoms with Crippen LogP contribution >= 0.6 is 11.3 Å². The van der Waals surface area contributed by atoms with E-state index in [2.05, 4.69) is 32.7 Å². The van der Waals surface area contributed by atoms with Gasteiger partial charge in [0.05, 0.1) is 6.61 Å². The van der Waals surface area contributed by atoms with Gasteiger partial charge in [-0.1, -0.05) is 39.0 Å². The van der Waals surface area contributed by atoms with Gasteiger partial charge in [-0.05, 0) is 24.7 Å². The van der Waals surface area contributed by atoms with Crippen molar-refractivity contribution in [2.24, 2.45) is 5.92 Å². The summed E-state index contributed by atoms with van der Waals surface area (Å²) in [5.74, 6) is 1.31. The van der Waals surface area contributed by atoms with Gasteiger partial charge in [0.15, 0.2) is 0 Å². The molecule has 0 spiro atoms. The molecule has 0 aromatic carbocycles. The van der Waals surface area contributed by atoms with Crippen LogP contribution in [0.2, 0.25) is 0 Å².